The van der Waals surface area contributed by atoms with Gasteiger partial charge in [-0.1, -0.05) is 0 Å². The van der Waals surface area contributed by atoms with Crippen LogP contribution in [-0.2, 0) is 0 Å². The van der Waals surface area contributed by atoms with Crippen LogP contribution >= 0.6 is 0 Å². The summed E-state index contributed by atoms with van der Waals surface area (Å²) in [7, 11) is 0. The van der Waals surface area contributed by atoms with Gasteiger partial charge < -0.3 is 0 Å². The number of nitrogens with zero attached hydrogens (tertiary/aromatic N) is 2. The lowest BCUT2D eigenvalue weighted by atomic mass is 10.3. The lowest BCUT2D eigenvalue weighted by Crippen LogP contribution is -1.82. The molecule has 0 aromatic rings. The first-order valence-electron chi connectivity index (χ1n) is 3.13. The molecule has 0 atom stereocenters. The number of hydrogen-bond donors (Lipinski definition) is 0. The predicted octanol–water partition coefficient (Wildman–Crippen LogP) is 2.08. The van der Waals surface area contributed by atoms with Gasteiger partial charge in [-0.15, -0.1) is 0 Å². The summed E-state index contributed by atoms with van der Waals surface area (Å²) in [5.41, 5.74) is 0.440. The third kappa shape index (κ3) is 1.50. The van der Waals surface area contributed by atoms with Crippen LogP contribution < -0.4 is 0 Å². The van der Waals surface area contributed by atoms with Crippen molar-refractivity contribution in [2.45, 2.75) is 20.3 Å². The maximum absolute atomic E-state index is 12.7. The first-order chi connectivity index (χ1) is 4.70. The summed E-state index contributed by atoms with van der Waals surface area (Å²) in [6.45, 7) is 3.39. The highest BCUT2D eigenvalue weighted by Gasteiger charge is 2.02. The lowest BCUT2D eigenvalue weighted by molar-refractivity contribution is 0.613. The molecule has 0 bridgehead atoms. The molecular weight excluding hydrogens is 131 g/mol. The van der Waals surface area contributed by atoms with E-state index in [1.807, 2.05) is 0 Å². The van der Waals surface area contributed by atoms with Crippen molar-refractivity contribution in [2.75, 3.05) is 0 Å². The Hall–Kier alpha value is -0.990. The Morgan fingerprint density at radius 3 is 2.90 bits per heavy atom. The molecule has 0 saturated carbocycles. The van der Waals surface area contributed by atoms with E-state index >= 15 is 0 Å². The Labute approximate surface area is 59.2 Å². The largest absolute Gasteiger partial charge is 0.246 e. The summed E-state index contributed by atoms with van der Waals surface area (Å²) in [6.07, 6.45) is 1.80. The molecule has 0 amide bonds. The van der Waals surface area contributed by atoms with E-state index in [-0.39, 0.29) is 12.2 Å². The van der Waals surface area contributed by atoms with Crippen molar-refractivity contribution < 1.29 is 4.39 Å². The fourth-order valence-electron chi connectivity index (χ4n) is 0.738. The second-order valence-electron chi connectivity index (χ2n) is 2.17. The molecule has 1 aliphatic rings. The molecule has 0 aromatic carbocycles. The van der Waals surface area contributed by atoms with Gasteiger partial charge in [0.05, 0.1) is 5.70 Å². The quantitative estimate of drug-likeness (QED) is 0.492. The van der Waals surface area contributed by atoms with E-state index in [2.05, 4.69) is 9.98 Å². The second-order valence-corrected chi connectivity index (χ2v) is 2.17. The molecule has 0 unspecified atom stereocenters. The van der Waals surface area contributed by atoms with Gasteiger partial charge in [-0.05, 0) is 13.8 Å². The van der Waals surface area contributed by atoms with E-state index < -0.39 is 0 Å². The van der Waals surface area contributed by atoms with Crippen LogP contribution in [-0.4, -0.2) is 12.1 Å². The van der Waals surface area contributed by atoms with Crippen molar-refractivity contribution in [3.05, 3.63) is 11.5 Å². The van der Waals surface area contributed by atoms with Gasteiger partial charge in [-0.25, -0.2) is 14.4 Å². The Morgan fingerprint density at radius 1 is 1.50 bits per heavy atom. The van der Waals surface area contributed by atoms with Gasteiger partial charge >= 0.3 is 0 Å². The topological polar surface area (TPSA) is 24.7 Å². The summed E-state index contributed by atoms with van der Waals surface area (Å²) < 4.78 is 12.7. The predicted molar refractivity (Wildman–Crippen MR) is 40.0 cm³/mol. The third-order valence-corrected chi connectivity index (χ3v) is 1.27. The summed E-state index contributed by atoms with van der Waals surface area (Å²) in [4.78, 5) is 7.75. The average molecular weight is 140 g/mol. The first-order valence-corrected chi connectivity index (χ1v) is 3.13. The second kappa shape index (κ2) is 2.73. The highest BCUT2D eigenvalue weighted by atomic mass is 19.1. The molecule has 1 heterocycles. The molecule has 2 nitrogen and oxygen atoms in total. The Balaban J connectivity index is 2.96. The molecule has 0 aliphatic carbocycles. The zero-order valence-electron chi connectivity index (χ0n) is 6.06. The molecule has 1 rings (SSSR count). The zero-order valence-corrected chi connectivity index (χ0v) is 6.06. The number of aliphatic imine (C=N–C) groups is 2. The van der Waals surface area contributed by atoms with E-state index in [1.54, 1.807) is 13.8 Å². The number of allylic oxidation sites excluding steroid dienone is 2. The van der Waals surface area contributed by atoms with Crippen molar-refractivity contribution in [1.82, 2.24) is 0 Å². The van der Waals surface area contributed by atoms with Crippen LogP contribution in [0.1, 0.15) is 20.3 Å². The van der Waals surface area contributed by atoms with Crippen LogP contribution in [0.2, 0.25) is 0 Å². The molecule has 10 heavy (non-hydrogen) atoms. The Morgan fingerprint density at radius 2 is 2.20 bits per heavy atom. The van der Waals surface area contributed by atoms with Crippen molar-refractivity contribution in [2.24, 2.45) is 9.98 Å². The monoisotopic (exact) mass is 140 g/mol. The third-order valence-electron chi connectivity index (χ3n) is 1.27. The van der Waals surface area contributed by atoms with Crippen molar-refractivity contribution in [3.63, 3.8) is 0 Å². The smallest absolute Gasteiger partial charge is 0.126 e. The van der Waals surface area contributed by atoms with Gasteiger partial charge in [-0.2, -0.15) is 0 Å². The highest BCUT2D eigenvalue weighted by molar-refractivity contribution is 5.89. The molecular formula is C7H9FN2. The van der Waals surface area contributed by atoms with E-state index in [9.17, 15) is 4.39 Å². The van der Waals surface area contributed by atoms with Crippen LogP contribution in [0.5, 0.6) is 0 Å². The summed E-state index contributed by atoms with van der Waals surface area (Å²) in [5, 5.41) is 0. The molecule has 1 aliphatic heterocycles. The summed E-state index contributed by atoms with van der Waals surface area (Å²) >= 11 is 0. The van der Waals surface area contributed by atoms with Crippen LogP contribution in [0.3, 0.4) is 0 Å². The lowest BCUT2D eigenvalue weighted by Gasteiger charge is -1.91. The summed E-state index contributed by atoms with van der Waals surface area (Å²) in [5.74, 6) is 0.422. The minimum atomic E-state index is -0.194. The van der Waals surface area contributed by atoms with Crippen molar-refractivity contribution >= 4 is 12.1 Å². The fourth-order valence-corrected chi connectivity index (χ4v) is 0.738. The average Bonchev–Trinajstić information content (AvgIpc) is 1.96. The van der Waals surface area contributed by atoms with Crippen LogP contribution in [0.25, 0.3) is 0 Å². The molecule has 0 N–H and O–H groups in total. The number of halogens is 1. The van der Waals surface area contributed by atoms with E-state index in [0.717, 1.165) is 0 Å². The van der Waals surface area contributed by atoms with Crippen molar-refractivity contribution in [3.8, 4) is 0 Å². The standard InChI is InChI=1S/C7H9FN2/c1-5-7(8)3-4-9-6(2)10-5/h4H,3H2,1-2H3. The molecule has 0 fully saturated rings. The van der Waals surface area contributed by atoms with Gasteiger partial charge in [0.15, 0.2) is 0 Å². The Kier molecular flexibility index (Phi) is 1.94. The van der Waals surface area contributed by atoms with Gasteiger partial charge in [0, 0.05) is 12.6 Å². The maximum Gasteiger partial charge on any atom is 0.126 e. The molecule has 0 radical (unpaired) electrons. The van der Waals surface area contributed by atoms with E-state index in [0.29, 0.717) is 11.5 Å². The van der Waals surface area contributed by atoms with Gasteiger partial charge in [0.2, 0.25) is 0 Å². The van der Waals surface area contributed by atoms with Gasteiger partial charge in [0.25, 0.3) is 0 Å². The number of amidine groups is 1. The van der Waals surface area contributed by atoms with E-state index in [4.69, 9.17) is 0 Å². The Bertz CT molecular complexity index is 226. The minimum Gasteiger partial charge on any atom is -0.246 e. The van der Waals surface area contributed by atoms with Crippen molar-refractivity contribution in [1.29, 1.82) is 0 Å². The van der Waals surface area contributed by atoms with Crippen LogP contribution in [0.4, 0.5) is 4.39 Å². The van der Waals surface area contributed by atoms with Gasteiger partial charge in [-0.3, -0.25) is 0 Å². The minimum absolute atomic E-state index is 0.194. The van der Waals surface area contributed by atoms with Crippen LogP contribution in [0, 0.1) is 0 Å². The molecule has 0 saturated heterocycles. The highest BCUT2D eigenvalue weighted by Crippen LogP contribution is 2.12. The normalized spacial score (nSPS) is 18.9. The SMILES string of the molecule is CC1=NC(C)=C(F)CC=N1. The molecule has 0 spiro atoms. The molecule has 54 valence electrons. The first kappa shape index (κ1) is 7.12. The van der Waals surface area contributed by atoms with Crippen LogP contribution in [0.15, 0.2) is 21.5 Å². The molecule has 0 aromatic heterocycles. The number of rotatable bonds is 0. The maximum atomic E-state index is 12.7. The molecule has 3 heteroatoms. The summed E-state index contributed by atoms with van der Waals surface area (Å²) in [6, 6.07) is 0. The fraction of sp³-hybridized carbons (Fsp3) is 0.429. The number of hydrogen-bond acceptors (Lipinski definition) is 2. The van der Waals surface area contributed by atoms with Gasteiger partial charge in [0.1, 0.15) is 11.7 Å². The van der Waals surface area contributed by atoms with E-state index in [1.165, 1.54) is 6.21 Å². The zero-order chi connectivity index (χ0) is 7.56.